The second-order valence-corrected chi connectivity index (χ2v) is 4.59. The molecule has 2 rings (SSSR count). The smallest absolute Gasteiger partial charge is 0.164 e. The van der Waals surface area contributed by atoms with Gasteiger partial charge in [0.15, 0.2) is 5.79 Å². The molecule has 0 aromatic rings. The maximum atomic E-state index is 10.6. The Hall–Kier alpha value is -1.14. The van der Waals surface area contributed by atoms with Crippen LogP contribution in [0.4, 0.5) is 0 Å². The van der Waals surface area contributed by atoms with Crippen molar-refractivity contribution in [1.82, 2.24) is 0 Å². The predicted molar refractivity (Wildman–Crippen MR) is 57.2 cm³/mol. The molecule has 2 saturated heterocycles. The summed E-state index contributed by atoms with van der Waals surface area (Å²) in [6, 6.07) is 0. The fraction of sp³-hybridized carbons (Fsp3) is 0.900. The molecular weight excluding hydrogens is 226 g/mol. The van der Waals surface area contributed by atoms with Crippen molar-refractivity contribution in [3.05, 3.63) is 10.4 Å². The Kier molecular flexibility index (Phi) is 3.35. The molecule has 0 aromatic heterocycles. The number of rotatable bonds is 4. The standard InChI is InChI=1S/C10H15N3O4/c1-10(2)16-8-6(3-4-14)15-7(5-12-13-11)9(8)17-10/h4,6-9H,3,5H2,1-2H3/t6-,7-,8+,9-/m1/s1. The molecule has 0 amide bonds. The average molecular weight is 241 g/mol. The van der Waals surface area contributed by atoms with Gasteiger partial charge in [0.1, 0.15) is 18.5 Å². The Bertz CT molecular complexity index is 353. The van der Waals surface area contributed by atoms with E-state index in [1.54, 1.807) is 0 Å². The zero-order valence-corrected chi connectivity index (χ0v) is 9.78. The number of aldehydes is 1. The van der Waals surface area contributed by atoms with Gasteiger partial charge in [-0.2, -0.15) is 0 Å². The summed E-state index contributed by atoms with van der Waals surface area (Å²) in [6.07, 6.45) is -0.157. The summed E-state index contributed by atoms with van der Waals surface area (Å²) < 4.78 is 17.0. The largest absolute Gasteiger partial charge is 0.369 e. The number of ether oxygens (including phenoxy) is 3. The summed E-state index contributed by atoms with van der Waals surface area (Å²) >= 11 is 0. The summed E-state index contributed by atoms with van der Waals surface area (Å²) in [4.78, 5) is 13.3. The van der Waals surface area contributed by atoms with Crippen LogP contribution in [0.1, 0.15) is 20.3 Å². The highest BCUT2D eigenvalue weighted by Gasteiger charge is 2.54. The number of hydrogen-bond donors (Lipinski definition) is 0. The van der Waals surface area contributed by atoms with Crippen LogP contribution >= 0.6 is 0 Å². The lowest BCUT2D eigenvalue weighted by molar-refractivity contribution is -0.186. The van der Waals surface area contributed by atoms with Crippen molar-refractivity contribution in [2.75, 3.05) is 6.54 Å². The molecule has 0 N–H and O–H groups in total. The fourth-order valence-electron chi connectivity index (χ4n) is 2.32. The molecule has 0 aliphatic carbocycles. The topological polar surface area (TPSA) is 93.5 Å². The molecule has 0 spiro atoms. The molecule has 2 aliphatic rings. The van der Waals surface area contributed by atoms with Crippen molar-refractivity contribution in [2.24, 2.45) is 5.11 Å². The molecule has 2 heterocycles. The van der Waals surface area contributed by atoms with E-state index in [1.807, 2.05) is 13.8 Å². The third kappa shape index (κ3) is 2.42. The molecule has 7 nitrogen and oxygen atoms in total. The van der Waals surface area contributed by atoms with Crippen LogP contribution in [-0.4, -0.2) is 43.0 Å². The Morgan fingerprint density at radius 2 is 2.00 bits per heavy atom. The first-order chi connectivity index (χ1) is 8.07. The van der Waals surface area contributed by atoms with E-state index in [9.17, 15) is 4.79 Å². The van der Waals surface area contributed by atoms with Crippen LogP contribution in [0.3, 0.4) is 0 Å². The van der Waals surface area contributed by atoms with Crippen LogP contribution in [0.15, 0.2) is 5.11 Å². The van der Waals surface area contributed by atoms with Gasteiger partial charge >= 0.3 is 0 Å². The maximum absolute atomic E-state index is 10.6. The quantitative estimate of drug-likeness (QED) is 0.319. The van der Waals surface area contributed by atoms with Gasteiger partial charge in [-0.15, -0.1) is 0 Å². The molecule has 4 atom stereocenters. The monoisotopic (exact) mass is 241 g/mol. The highest BCUT2D eigenvalue weighted by molar-refractivity contribution is 5.50. The lowest BCUT2D eigenvalue weighted by atomic mass is 10.1. The number of nitrogens with zero attached hydrogens (tertiary/aromatic N) is 3. The van der Waals surface area contributed by atoms with E-state index in [2.05, 4.69) is 10.0 Å². The molecule has 0 bridgehead atoms. The third-order valence-corrected chi connectivity index (χ3v) is 2.90. The minimum absolute atomic E-state index is 0.187. The Morgan fingerprint density at radius 1 is 1.35 bits per heavy atom. The van der Waals surface area contributed by atoms with Crippen LogP contribution < -0.4 is 0 Å². The van der Waals surface area contributed by atoms with E-state index < -0.39 is 5.79 Å². The average Bonchev–Trinajstić information content (AvgIpc) is 2.72. The van der Waals surface area contributed by atoms with Crippen molar-refractivity contribution < 1.29 is 19.0 Å². The summed E-state index contributed by atoms with van der Waals surface area (Å²) in [6.45, 7) is 3.81. The first-order valence-electron chi connectivity index (χ1n) is 5.53. The summed E-state index contributed by atoms with van der Waals surface area (Å²) in [5, 5.41) is 3.49. The van der Waals surface area contributed by atoms with E-state index in [0.717, 1.165) is 6.29 Å². The van der Waals surface area contributed by atoms with E-state index in [4.69, 9.17) is 19.7 Å². The molecule has 2 fully saturated rings. The van der Waals surface area contributed by atoms with Gasteiger partial charge in [-0.05, 0) is 19.4 Å². The van der Waals surface area contributed by atoms with E-state index in [1.165, 1.54) is 0 Å². The summed E-state index contributed by atoms with van der Waals surface area (Å²) in [5.74, 6) is -0.686. The lowest BCUT2D eigenvalue weighted by Gasteiger charge is -2.22. The molecule has 0 unspecified atom stereocenters. The van der Waals surface area contributed by atoms with Gasteiger partial charge in [0.05, 0.1) is 18.8 Å². The second kappa shape index (κ2) is 4.62. The SMILES string of the molecule is CC1(C)O[C@@H]2[C@H](O1)[C@@H](CN=[N+]=[N-])O[C@@H]2CC=O. The zero-order chi connectivity index (χ0) is 12.5. The lowest BCUT2D eigenvalue weighted by Crippen LogP contribution is -2.31. The van der Waals surface area contributed by atoms with Gasteiger partial charge < -0.3 is 19.0 Å². The van der Waals surface area contributed by atoms with Gasteiger partial charge in [0, 0.05) is 11.3 Å². The van der Waals surface area contributed by atoms with Gasteiger partial charge in [0.2, 0.25) is 0 Å². The minimum Gasteiger partial charge on any atom is -0.369 e. The number of fused-ring (bicyclic) bond motifs is 1. The number of carbonyl (C=O) groups is 1. The minimum atomic E-state index is -0.686. The predicted octanol–water partition coefficient (Wildman–Crippen LogP) is 1.17. The third-order valence-electron chi connectivity index (χ3n) is 2.90. The molecular formula is C10H15N3O4. The normalized spacial score (nSPS) is 38.5. The Balaban J connectivity index is 2.11. The van der Waals surface area contributed by atoms with Crippen molar-refractivity contribution >= 4 is 6.29 Å². The van der Waals surface area contributed by atoms with Gasteiger partial charge in [-0.1, -0.05) is 5.11 Å². The molecule has 0 aromatic carbocycles. The summed E-state index contributed by atoms with van der Waals surface area (Å²) in [7, 11) is 0. The molecule has 7 heteroatoms. The Labute approximate surface area is 98.6 Å². The van der Waals surface area contributed by atoms with Crippen LogP contribution in [0, 0.1) is 0 Å². The maximum Gasteiger partial charge on any atom is 0.164 e. The van der Waals surface area contributed by atoms with Crippen molar-refractivity contribution in [3.8, 4) is 0 Å². The number of hydrogen-bond acceptors (Lipinski definition) is 5. The van der Waals surface area contributed by atoms with Crippen molar-refractivity contribution in [2.45, 2.75) is 50.5 Å². The van der Waals surface area contributed by atoms with Gasteiger partial charge in [-0.3, -0.25) is 0 Å². The highest BCUT2D eigenvalue weighted by Crippen LogP contribution is 2.39. The zero-order valence-electron chi connectivity index (χ0n) is 9.78. The molecule has 17 heavy (non-hydrogen) atoms. The molecule has 0 saturated carbocycles. The molecule has 94 valence electrons. The van der Waals surface area contributed by atoms with Crippen LogP contribution in [-0.2, 0) is 19.0 Å². The first-order valence-corrected chi connectivity index (χ1v) is 5.53. The van der Waals surface area contributed by atoms with E-state index in [-0.39, 0.29) is 37.4 Å². The fourth-order valence-corrected chi connectivity index (χ4v) is 2.32. The van der Waals surface area contributed by atoms with Crippen LogP contribution in [0.5, 0.6) is 0 Å². The summed E-state index contributed by atoms with van der Waals surface area (Å²) in [5.41, 5.74) is 8.31. The first kappa shape index (κ1) is 12.3. The molecule has 0 radical (unpaired) electrons. The van der Waals surface area contributed by atoms with E-state index in [0.29, 0.717) is 0 Å². The highest BCUT2D eigenvalue weighted by atomic mass is 16.8. The van der Waals surface area contributed by atoms with Crippen LogP contribution in [0.2, 0.25) is 0 Å². The number of carbonyl (C=O) groups excluding carboxylic acids is 1. The van der Waals surface area contributed by atoms with Crippen LogP contribution in [0.25, 0.3) is 10.4 Å². The number of azide groups is 1. The van der Waals surface area contributed by atoms with Gasteiger partial charge in [0.25, 0.3) is 0 Å². The van der Waals surface area contributed by atoms with Crippen molar-refractivity contribution in [3.63, 3.8) is 0 Å². The second-order valence-electron chi connectivity index (χ2n) is 4.59. The molecule has 2 aliphatic heterocycles. The van der Waals surface area contributed by atoms with Crippen molar-refractivity contribution in [1.29, 1.82) is 0 Å². The van der Waals surface area contributed by atoms with Gasteiger partial charge in [-0.25, -0.2) is 0 Å². The van der Waals surface area contributed by atoms with E-state index >= 15 is 0 Å². The Morgan fingerprint density at radius 3 is 2.59 bits per heavy atom.